The molecule has 2 aromatic rings. The highest BCUT2D eigenvalue weighted by atomic mass is 19.1. The molecule has 154 valence electrons. The minimum Gasteiger partial charge on any atom is -0.486 e. The molecule has 5 rings (SSSR count). The van der Waals surface area contributed by atoms with Crippen LogP contribution in [0.25, 0.3) is 0 Å². The number of nitrogens with zero attached hydrogens (tertiary/aromatic N) is 2. The Morgan fingerprint density at radius 3 is 2.72 bits per heavy atom. The van der Waals surface area contributed by atoms with Crippen molar-refractivity contribution < 1.29 is 13.9 Å². The zero-order chi connectivity index (χ0) is 20.0. The lowest BCUT2D eigenvalue weighted by atomic mass is 9.89. The van der Waals surface area contributed by atoms with E-state index < -0.39 is 0 Å². The Morgan fingerprint density at radius 2 is 1.90 bits per heavy atom. The summed E-state index contributed by atoms with van der Waals surface area (Å²) in [5.41, 5.74) is 2.32. The fraction of sp³-hybridized carbons (Fsp3) is 0.500. The van der Waals surface area contributed by atoms with E-state index in [1.54, 1.807) is 6.07 Å². The van der Waals surface area contributed by atoms with Crippen LogP contribution in [0.5, 0.6) is 11.5 Å². The van der Waals surface area contributed by atoms with Gasteiger partial charge < -0.3 is 14.4 Å². The second-order valence-electron chi connectivity index (χ2n) is 9.20. The predicted octanol–water partition coefficient (Wildman–Crippen LogP) is 4.48. The largest absolute Gasteiger partial charge is 0.486 e. The van der Waals surface area contributed by atoms with E-state index >= 15 is 0 Å². The zero-order valence-electron chi connectivity index (χ0n) is 17.2. The Balaban J connectivity index is 1.30. The van der Waals surface area contributed by atoms with Crippen LogP contribution >= 0.6 is 0 Å². The highest BCUT2D eigenvalue weighted by Gasteiger charge is 2.48. The Kier molecular flexibility index (Phi) is 4.66. The quantitative estimate of drug-likeness (QED) is 0.764. The Hall–Kier alpha value is -2.27. The first-order valence-corrected chi connectivity index (χ1v) is 10.7. The number of hydrogen-bond donors (Lipinski definition) is 0. The average Bonchev–Trinajstić information content (AvgIpc) is 2.97. The average molecular weight is 397 g/mol. The maximum Gasteiger partial charge on any atom is 0.161 e. The first-order chi connectivity index (χ1) is 14.0. The number of piperidine rings is 1. The van der Waals surface area contributed by atoms with Crippen molar-refractivity contribution in [2.45, 2.75) is 44.8 Å². The van der Waals surface area contributed by atoms with E-state index in [0.29, 0.717) is 25.2 Å². The first kappa shape index (κ1) is 18.7. The molecule has 0 spiro atoms. The molecule has 0 saturated carbocycles. The molecule has 2 aromatic carbocycles. The van der Waals surface area contributed by atoms with Crippen LogP contribution in [0.2, 0.25) is 0 Å². The van der Waals surface area contributed by atoms with Gasteiger partial charge in [0.15, 0.2) is 11.5 Å². The van der Waals surface area contributed by atoms with Gasteiger partial charge in [0.2, 0.25) is 0 Å². The smallest absolute Gasteiger partial charge is 0.161 e. The standard InChI is InChI=1S/C24H29FN2O2/c1-24(2)14-18-16-26(15-17-6-7-22-23(12-17)29-11-10-28-22)9-8-21(18)27(24)20-5-3-4-19(25)13-20/h3-7,12-13,18,21H,8-11,14-16H2,1-2H3/t18-,21+/m1/s1. The van der Waals surface area contributed by atoms with Crippen LogP contribution in [-0.4, -0.2) is 42.8 Å². The summed E-state index contributed by atoms with van der Waals surface area (Å²) in [6.45, 7) is 8.89. The minimum atomic E-state index is -0.155. The number of rotatable bonds is 3. The van der Waals surface area contributed by atoms with E-state index in [2.05, 4.69) is 41.8 Å². The van der Waals surface area contributed by atoms with E-state index in [1.165, 1.54) is 11.6 Å². The second kappa shape index (κ2) is 7.21. The van der Waals surface area contributed by atoms with Crippen LogP contribution in [0.4, 0.5) is 10.1 Å². The van der Waals surface area contributed by atoms with Crippen LogP contribution in [0.15, 0.2) is 42.5 Å². The number of halogens is 1. The molecule has 3 aliphatic heterocycles. The van der Waals surface area contributed by atoms with Gasteiger partial charge in [-0.3, -0.25) is 4.90 Å². The van der Waals surface area contributed by atoms with E-state index in [9.17, 15) is 4.39 Å². The summed E-state index contributed by atoms with van der Waals surface area (Å²) in [6.07, 6.45) is 2.24. The number of benzene rings is 2. The van der Waals surface area contributed by atoms with Gasteiger partial charge in [-0.05, 0) is 68.5 Å². The lowest BCUT2D eigenvalue weighted by Crippen LogP contribution is -2.48. The van der Waals surface area contributed by atoms with Crippen LogP contribution in [0.3, 0.4) is 0 Å². The normalized spacial score (nSPS) is 25.7. The van der Waals surface area contributed by atoms with Gasteiger partial charge in [-0.15, -0.1) is 0 Å². The summed E-state index contributed by atoms with van der Waals surface area (Å²) in [7, 11) is 0. The van der Waals surface area contributed by atoms with Gasteiger partial charge in [0, 0.05) is 36.9 Å². The molecule has 0 amide bonds. The first-order valence-electron chi connectivity index (χ1n) is 10.7. The van der Waals surface area contributed by atoms with Gasteiger partial charge in [-0.2, -0.15) is 0 Å². The van der Waals surface area contributed by atoms with Crippen molar-refractivity contribution in [1.82, 2.24) is 4.90 Å². The van der Waals surface area contributed by atoms with E-state index in [4.69, 9.17) is 9.47 Å². The molecular weight excluding hydrogens is 367 g/mol. The van der Waals surface area contributed by atoms with Crippen LogP contribution < -0.4 is 14.4 Å². The lowest BCUT2D eigenvalue weighted by molar-refractivity contribution is 0.158. The minimum absolute atomic E-state index is 0.0378. The number of anilines is 1. The van der Waals surface area contributed by atoms with Crippen molar-refractivity contribution in [3.63, 3.8) is 0 Å². The Bertz CT molecular complexity index is 900. The van der Waals surface area contributed by atoms with Gasteiger partial charge in [-0.25, -0.2) is 4.39 Å². The number of fused-ring (bicyclic) bond motifs is 2. The third kappa shape index (κ3) is 3.57. The van der Waals surface area contributed by atoms with Gasteiger partial charge in [-0.1, -0.05) is 12.1 Å². The summed E-state index contributed by atoms with van der Waals surface area (Å²) in [5.74, 6) is 2.15. The molecule has 4 nitrogen and oxygen atoms in total. The summed E-state index contributed by atoms with van der Waals surface area (Å²) in [6, 6.07) is 13.9. The van der Waals surface area contributed by atoms with E-state index in [1.807, 2.05) is 12.1 Å². The van der Waals surface area contributed by atoms with Gasteiger partial charge in [0.05, 0.1) is 0 Å². The molecular formula is C24H29FN2O2. The summed E-state index contributed by atoms with van der Waals surface area (Å²) < 4.78 is 25.2. The molecule has 3 aliphatic rings. The Morgan fingerprint density at radius 1 is 1.07 bits per heavy atom. The lowest BCUT2D eigenvalue weighted by Gasteiger charge is -2.42. The molecule has 5 heteroatoms. The zero-order valence-corrected chi connectivity index (χ0v) is 17.2. The third-order valence-corrected chi connectivity index (χ3v) is 6.62. The van der Waals surface area contributed by atoms with Crippen LogP contribution in [-0.2, 0) is 6.54 Å². The fourth-order valence-electron chi connectivity index (χ4n) is 5.58. The number of hydrogen-bond acceptors (Lipinski definition) is 4. The van der Waals surface area contributed by atoms with Crippen molar-refractivity contribution in [2.24, 2.45) is 5.92 Å². The van der Waals surface area contributed by atoms with Crippen molar-refractivity contribution in [1.29, 1.82) is 0 Å². The summed E-state index contributed by atoms with van der Waals surface area (Å²) in [4.78, 5) is 5.03. The number of ether oxygens (including phenoxy) is 2. The maximum atomic E-state index is 13.9. The molecule has 2 saturated heterocycles. The number of likely N-dealkylation sites (tertiary alicyclic amines) is 1. The molecule has 0 bridgehead atoms. The molecule has 2 fully saturated rings. The van der Waals surface area contributed by atoms with E-state index in [-0.39, 0.29) is 11.4 Å². The predicted molar refractivity (Wildman–Crippen MR) is 112 cm³/mol. The monoisotopic (exact) mass is 396 g/mol. The molecule has 0 aromatic heterocycles. The molecule has 0 radical (unpaired) electrons. The third-order valence-electron chi connectivity index (χ3n) is 6.62. The maximum absolute atomic E-state index is 13.9. The topological polar surface area (TPSA) is 24.9 Å². The summed E-state index contributed by atoms with van der Waals surface area (Å²) in [5, 5.41) is 0. The second-order valence-corrected chi connectivity index (χ2v) is 9.20. The highest BCUT2D eigenvalue weighted by Crippen LogP contribution is 2.45. The highest BCUT2D eigenvalue weighted by molar-refractivity contribution is 5.52. The molecule has 0 N–H and O–H groups in total. The van der Waals surface area contributed by atoms with Crippen molar-refractivity contribution in [3.8, 4) is 11.5 Å². The molecule has 2 atom stereocenters. The molecule has 0 unspecified atom stereocenters. The molecule has 0 aliphatic carbocycles. The van der Waals surface area contributed by atoms with Gasteiger partial charge >= 0.3 is 0 Å². The molecule has 3 heterocycles. The van der Waals surface area contributed by atoms with Crippen molar-refractivity contribution in [2.75, 3.05) is 31.2 Å². The Labute approximate surface area is 172 Å². The fourth-order valence-corrected chi connectivity index (χ4v) is 5.58. The van der Waals surface area contributed by atoms with Crippen molar-refractivity contribution >= 4 is 5.69 Å². The van der Waals surface area contributed by atoms with Gasteiger partial charge in [0.1, 0.15) is 19.0 Å². The van der Waals surface area contributed by atoms with Gasteiger partial charge in [0.25, 0.3) is 0 Å². The van der Waals surface area contributed by atoms with E-state index in [0.717, 1.165) is 49.7 Å². The van der Waals surface area contributed by atoms with Crippen molar-refractivity contribution in [3.05, 3.63) is 53.8 Å². The molecule has 29 heavy (non-hydrogen) atoms. The SMILES string of the molecule is CC1(C)C[C@@H]2CN(Cc3ccc4c(c3)OCCO4)CC[C@@H]2N1c1cccc(F)c1. The summed E-state index contributed by atoms with van der Waals surface area (Å²) >= 11 is 0. The van der Waals surface area contributed by atoms with Crippen LogP contribution in [0.1, 0.15) is 32.3 Å². The van der Waals surface area contributed by atoms with Crippen LogP contribution in [0, 0.1) is 11.7 Å².